The van der Waals surface area contributed by atoms with Crippen LogP contribution in [0.4, 0.5) is 5.82 Å². The number of nitrogens with zero attached hydrogens (tertiary/aromatic N) is 5. The third-order valence-electron chi connectivity index (χ3n) is 8.38. The Hall–Kier alpha value is -2.80. The van der Waals surface area contributed by atoms with Gasteiger partial charge in [0.1, 0.15) is 17.8 Å². The van der Waals surface area contributed by atoms with Crippen molar-refractivity contribution in [1.82, 2.24) is 24.5 Å². The van der Waals surface area contributed by atoms with E-state index in [4.69, 9.17) is 15.0 Å². The molecule has 3 heterocycles. The van der Waals surface area contributed by atoms with E-state index < -0.39 is 0 Å². The second kappa shape index (κ2) is 10.3. The highest BCUT2D eigenvalue weighted by molar-refractivity contribution is 5.90. The Labute approximate surface area is 214 Å². The average molecular weight is 489 g/mol. The number of aromatic nitrogens is 5. The summed E-state index contributed by atoms with van der Waals surface area (Å²) in [5, 5.41) is 13.6. The Morgan fingerprint density at radius 1 is 1.11 bits per heavy atom. The highest BCUT2D eigenvalue weighted by atomic mass is 16.3. The van der Waals surface area contributed by atoms with Crippen LogP contribution in [0.25, 0.3) is 28.4 Å². The Morgan fingerprint density at radius 2 is 1.86 bits per heavy atom. The Morgan fingerprint density at radius 3 is 2.50 bits per heavy atom. The molecule has 0 aliphatic heterocycles. The first-order valence-corrected chi connectivity index (χ1v) is 13.7. The average Bonchev–Trinajstić information content (AvgIpc) is 3.22. The minimum Gasteiger partial charge on any atom is -0.388 e. The molecule has 2 N–H and O–H groups in total. The Balaban J connectivity index is 1.68. The first-order chi connectivity index (χ1) is 17.4. The van der Waals surface area contributed by atoms with Crippen LogP contribution in [0.15, 0.2) is 24.9 Å². The summed E-state index contributed by atoms with van der Waals surface area (Å²) in [5.41, 5.74) is 4.49. The summed E-state index contributed by atoms with van der Waals surface area (Å²) in [7, 11) is 0. The quantitative estimate of drug-likeness (QED) is 0.381. The topological polar surface area (TPSA) is 88.8 Å². The molecule has 2 saturated carbocycles. The number of hydrogen-bond donors (Lipinski definition) is 2. The number of rotatable bonds is 8. The summed E-state index contributed by atoms with van der Waals surface area (Å²) < 4.78 is 2.17. The molecule has 5 rings (SSSR count). The molecule has 0 radical (unpaired) electrons. The molecule has 2 fully saturated rings. The fourth-order valence-corrected chi connectivity index (χ4v) is 5.63. The molecule has 0 spiro atoms. The van der Waals surface area contributed by atoms with Crippen molar-refractivity contribution >= 4 is 22.7 Å². The molecule has 0 saturated heterocycles. The Kier molecular flexibility index (Phi) is 7.11. The number of hydrogen-bond acceptors (Lipinski definition) is 6. The van der Waals surface area contributed by atoms with E-state index in [0.717, 1.165) is 47.3 Å². The lowest BCUT2D eigenvalue weighted by molar-refractivity contribution is 0.271. The predicted octanol–water partition coefficient (Wildman–Crippen LogP) is 6.40. The molecule has 36 heavy (non-hydrogen) atoms. The van der Waals surface area contributed by atoms with Gasteiger partial charge in [-0.2, -0.15) is 0 Å². The van der Waals surface area contributed by atoms with Gasteiger partial charge in [0.2, 0.25) is 0 Å². The van der Waals surface area contributed by atoms with Crippen LogP contribution in [-0.2, 0) is 6.61 Å². The van der Waals surface area contributed by atoms with Crippen LogP contribution >= 0.6 is 0 Å². The van der Waals surface area contributed by atoms with Gasteiger partial charge in [-0.3, -0.25) is 9.55 Å². The number of pyridine rings is 1. The molecule has 192 valence electrons. The van der Waals surface area contributed by atoms with Gasteiger partial charge >= 0.3 is 0 Å². The van der Waals surface area contributed by atoms with Crippen LogP contribution in [0.3, 0.4) is 0 Å². The van der Waals surface area contributed by atoms with Crippen LogP contribution in [0.5, 0.6) is 0 Å². The third-order valence-corrected chi connectivity index (χ3v) is 8.38. The number of fused-ring (bicyclic) bond motifs is 1. The van der Waals surface area contributed by atoms with E-state index in [1.54, 1.807) is 0 Å². The molecule has 3 aromatic rings. The first-order valence-electron chi connectivity index (χ1n) is 13.7. The maximum atomic E-state index is 9.93. The first kappa shape index (κ1) is 24.9. The lowest BCUT2D eigenvalue weighted by atomic mass is 9.80. The number of allylic oxidation sites excluding steroid dienone is 1. The minimum atomic E-state index is -0.229. The van der Waals surface area contributed by atoms with Crippen LogP contribution in [0.1, 0.15) is 89.9 Å². The molecule has 3 aromatic heterocycles. The monoisotopic (exact) mass is 488 g/mol. The van der Waals surface area contributed by atoms with Gasteiger partial charge in [-0.15, -0.1) is 0 Å². The standard InChI is InChI=1S/C29H40N6O/c1-17(2)23-13-14-30-24(15-23)29-34-28-26(35(29)20(5)22-11-9-18(3)10-12-22)27(32-25(16-36)33-28)31-19(4)21-7-6-8-21/h13-15,17-19,21-22,36H,5-12,16H2,1-4H3,(H,31,32,33)/t18-,19-,22-/m1/s1. The molecule has 0 amide bonds. The van der Waals surface area contributed by atoms with Gasteiger partial charge in [-0.25, -0.2) is 15.0 Å². The van der Waals surface area contributed by atoms with Crippen LogP contribution in [0, 0.1) is 17.8 Å². The molecule has 2 aliphatic carbocycles. The maximum absolute atomic E-state index is 9.93. The number of anilines is 1. The molecular formula is C29H40N6O. The lowest BCUT2D eigenvalue weighted by Crippen LogP contribution is -2.31. The zero-order valence-corrected chi connectivity index (χ0v) is 22.2. The van der Waals surface area contributed by atoms with Crippen molar-refractivity contribution in [2.75, 3.05) is 5.32 Å². The summed E-state index contributed by atoms with van der Waals surface area (Å²) in [4.78, 5) is 19.1. The van der Waals surface area contributed by atoms with E-state index in [9.17, 15) is 5.11 Å². The van der Waals surface area contributed by atoms with Gasteiger partial charge in [-0.05, 0) is 74.0 Å². The second-order valence-electron chi connectivity index (χ2n) is 11.3. The number of aliphatic hydroxyl groups excluding tert-OH is 1. The Bertz CT molecular complexity index is 1240. The van der Waals surface area contributed by atoms with Gasteiger partial charge in [0.25, 0.3) is 0 Å². The zero-order valence-electron chi connectivity index (χ0n) is 22.2. The van der Waals surface area contributed by atoms with E-state index in [2.05, 4.69) is 61.3 Å². The van der Waals surface area contributed by atoms with Gasteiger partial charge in [0.05, 0.1) is 0 Å². The molecule has 1 atom stereocenters. The van der Waals surface area contributed by atoms with Gasteiger partial charge < -0.3 is 10.4 Å². The lowest BCUT2D eigenvalue weighted by Gasteiger charge is -2.32. The van der Waals surface area contributed by atoms with Crippen LogP contribution in [-0.4, -0.2) is 35.7 Å². The van der Waals surface area contributed by atoms with Crippen molar-refractivity contribution in [1.29, 1.82) is 0 Å². The van der Waals surface area contributed by atoms with E-state index in [1.165, 1.54) is 37.7 Å². The highest BCUT2D eigenvalue weighted by Gasteiger charge is 2.30. The number of aliphatic hydroxyl groups is 1. The van der Waals surface area contributed by atoms with Crippen molar-refractivity contribution in [3.05, 3.63) is 36.3 Å². The largest absolute Gasteiger partial charge is 0.388 e. The zero-order chi connectivity index (χ0) is 25.4. The summed E-state index contributed by atoms with van der Waals surface area (Å²) in [6.45, 7) is 13.3. The number of imidazole rings is 1. The molecule has 0 bridgehead atoms. The van der Waals surface area contributed by atoms with Crippen LogP contribution in [0.2, 0.25) is 0 Å². The second-order valence-corrected chi connectivity index (χ2v) is 11.3. The van der Waals surface area contributed by atoms with Crippen molar-refractivity contribution in [3.8, 4) is 11.5 Å². The van der Waals surface area contributed by atoms with Gasteiger partial charge in [-0.1, -0.05) is 46.6 Å². The van der Waals surface area contributed by atoms with E-state index in [0.29, 0.717) is 29.2 Å². The van der Waals surface area contributed by atoms with Crippen molar-refractivity contribution < 1.29 is 5.11 Å². The highest BCUT2D eigenvalue weighted by Crippen LogP contribution is 2.40. The SMILES string of the molecule is C=C([C@H]1CC[C@H](C)CC1)n1c(-c2cc(C(C)C)ccn2)nc2nc(CO)nc(N[C@H](C)C3CCC3)c21. The van der Waals surface area contributed by atoms with E-state index >= 15 is 0 Å². The van der Waals surface area contributed by atoms with Crippen molar-refractivity contribution in [2.24, 2.45) is 17.8 Å². The summed E-state index contributed by atoms with van der Waals surface area (Å²) in [6, 6.07) is 4.47. The molecule has 7 heteroatoms. The predicted molar refractivity (Wildman–Crippen MR) is 145 cm³/mol. The molecule has 2 aliphatic rings. The minimum absolute atomic E-state index is 0.229. The molecule has 7 nitrogen and oxygen atoms in total. The maximum Gasteiger partial charge on any atom is 0.184 e. The fraction of sp³-hybridized carbons (Fsp3) is 0.586. The molecule has 0 aromatic carbocycles. The van der Waals surface area contributed by atoms with Crippen molar-refractivity contribution in [3.63, 3.8) is 0 Å². The van der Waals surface area contributed by atoms with E-state index in [1.807, 2.05) is 6.20 Å². The number of nitrogens with one attached hydrogen (secondary N) is 1. The summed E-state index contributed by atoms with van der Waals surface area (Å²) in [5.74, 6) is 4.01. The third kappa shape index (κ3) is 4.77. The smallest absolute Gasteiger partial charge is 0.184 e. The summed E-state index contributed by atoms with van der Waals surface area (Å²) >= 11 is 0. The normalized spacial score (nSPS) is 21.5. The van der Waals surface area contributed by atoms with Crippen LogP contribution < -0.4 is 5.32 Å². The summed E-state index contributed by atoms with van der Waals surface area (Å²) in [6.07, 6.45) is 10.3. The fourth-order valence-electron chi connectivity index (χ4n) is 5.63. The molecular weight excluding hydrogens is 448 g/mol. The van der Waals surface area contributed by atoms with E-state index in [-0.39, 0.29) is 12.6 Å². The van der Waals surface area contributed by atoms with Crippen molar-refractivity contribution in [2.45, 2.75) is 91.2 Å². The molecule has 0 unspecified atom stereocenters. The van der Waals surface area contributed by atoms with Gasteiger partial charge in [0, 0.05) is 17.9 Å². The van der Waals surface area contributed by atoms with Gasteiger partial charge in [0.15, 0.2) is 23.1 Å².